The fourth-order valence-corrected chi connectivity index (χ4v) is 2.77. The summed E-state index contributed by atoms with van der Waals surface area (Å²) in [5.74, 6) is 0. The molecule has 0 atom stereocenters. The van der Waals surface area contributed by atoms with Crippen LogP contribution in [0.15, 0.2) is 35.9 Å². The van der Waals surface area contributed by atoms with Gasteiger partial charge in [-0.25, -0.2) is 0 Å². The zero-order valence-electron chi connectivity index (χ0n) is 13.3. The topological polar surface area (TPSA) is 24.5 Å². The molecule has 1 aliphatic rings. The first kappa shape index (κ1) is 16.2. The summed E-state index contributed by atoms with van der Waals surface area (Å²) < 4.78 is 5.14. The van der Waals surface area contributed by atoms with E-state index < -0.39 is 0 Å². The Morgan fingerprint density at radius 2 is 2.00 bits per heavy atom. The maximum absolute atomic E-state index is 5.14. The normalized spacial score (nSPS) is 18.1. The van der Waals surface area contributed by atoms with Crippen molar-refractivity contribution in [2.45, 2.75) is 25.8 Å². The van der Waals surface area contributed by atoms with Crippen LogP contribution in [-0.4, -0.2) is 50.8 Å². The third kappa shape index (κ3) is 6.00. The molecule has 21 heavy (non-hydrogen) atoms. The Balaban J connectivity index is 1.68. The Morgan fingerprint density at radius 1 is 1.29 bits per heavy atom. The SMILES string of the molecule is COCCN1CCC(NC/C(C)=C/c2ccccc2)CC1. The van der Waals surface area contributed by atoms with Crippen molar-refractivity contribution in [3.05, 3.63) is 41.5 Å². The number of nitrogens with zero attached hydrogens (tertiary/aromatic N) is 1. The standard InChI is InChI=1S/C18H28N2O/c1-16(14-17-6-4-3-5-7-17)15-19-18-8-10-20(11-9-18)12-13-21-2/h3-7,14,18-19H,8-13,15H2,1-2H3/b16-14+. The first-order valence-electron chi connectivity index (χ1n) is 7.95. The molecule has 1 aromatic rings. The first-order chi connectivity index (χ1) is 10.3. The van der Waals surface area contributed by atoms with Gasteiger partial charge in [0.25, 0.3) is 0 Å². The van der Waals surface area contributed by atoms with Gasteiger partial charge in [0.15, 0.2) is 0 Å². The number of piperidine rings is 1. The van der Waals surface area contributed by atoms with Gasteiger partial charge < -0.3 is 15.0 Å². The molecule has 0 spiro atoms. The van der Waals surface area contributed by atoms with Gasteiger partial charge in [0, 0.05) is 26.2 Å². The summed E-state index contributed by atoms with van der Waals surface area (Å²) in [6.07, 6.45) is 4.74. The number of ether oxygens (including phenoxy) is 1. The fraction of sp³-hybridized carbons (Fsp3) is 0.556. The lowest BCUT2D eigenvalue weighted by Gasteiger charge is -2.32. The van der Waals surface area contributed by atoms with Crippen LogP contribution < -0.4 is 5.32 Å². The Kier molecular flexibility index (Phi) is 6.93. The molecule has 0 bridgehead atoms. The Labute approximate surface area is 129 Å². The molecule has 116 valence electrons. The Bertz CT molecular complexity index is 422. The largest absolute Gasteiger partial charge is 0.383 e. The maximum Gasteiger partial charge on any atom is 0.0589 e. The van der Waals surface area contributed by atoms with Crippen molar-refractivity contribution in [2.24, 2.45) is 0 Å². The fourth-order valence-electron chi connectivity index (χ4n) is 2.77. The van der Waals surface area contributed by atoms with Crippen LogP contribution in [0, 0.1) is 0 Å². The van der Waals surface area contributed by atoms with Crippen LogP contribution in [0.2, 0.25) is 0 Å². The summed E-state index contributed by atoms with van der Waals surface area (Å²) in [6, 6.07) is 11.2. The van der Waals surface area contributed by atoms with E-state index in [-0.39, 0.29) is 0 Å². The predicted octanol–water partition coefficient (Wildman–Crippen LogP) is 2.79. The Hall–Kier alpha value is -1.16. The summed E-state index contributed by atoms with van der Waals surface area (Å²) in [7, 11) is 1.77. The van der Waals surface area contributed by atoms with Gasteiger partial charge in [-0.3, -0.25) is 0 Å². The van der Waals surface area contributed by atoms with E-state index in [1.54, 1.807) is 7.11 Å². The lowest BCUT2D eigenvalue weighted by molar-refractivity contribution is 0.126. The predicted molar refractivity (Wildman–Crippen MR) is 89.4 cm³/mol. The summed E-state index contributed by atoms with van der Waals surface area (Å²) >= 11 is 0. The zero-order chi connectivity index (χ0) is 14.9. The van der Waals surface area contributed by atoms with Gasteiger partial charge in [0.2, 0.25) is 0 Å². The van der Waals surface area contributed by atoms with Crippen LogP contribution in [0.4, 0.5) is 0 Å². The lowest BCUT2D eigenvalue weighted by Crippen LogP contribution is -2.43. The van der Waals surface area contributed by atoms with Crippen LogP contribution in [0.3, 0.4) is 0 Å². The average molecular weight is 288 g/mol. The molecule has 0 radical (unpaired) electrons. The van der Waals surface area contributed by atoms with Crippen molar-refractivity contribution in [3.63, 3.8) is 0 Å². The van der Waals surface area contributed by atoms with Gasteiger partial charge in [0.1, 0.15) is 0 Å². The Morgan fingerprint density at radius 3 is 2.67 bits per heavy atom. The van der Waals surface area contributed by atoms with E-state index in [1.165, 1.54) is 37.1 Å². The van der Waals surface area contributed by atoms with Crippen LogP contribution in [0.25, 0.3) is 6.08 Å². The molecule has 1 heterocycles. The van der Waals surface area contributed by atoms with Gasteiger partial charge in [-0.2, -0.15) is 0 Å². The van der Waals surface area contributed by atoms with Gasteiger partial charge >= 0.3 is 0 Å². The number of hydrogen-bond donors (Lipinski definition) is 1. The molecule has 0 aliphatic carbocycles. The molecular formula is C18H28N2O. The molecule has 0 saturated carbocycles. The van der Waals surface area contributed by atoms with Gasteiger partial charge in [-0.15, -0.1) is 0 Å². The highest BCUT2D eigenvalue weighted by Gasteiger charge is 2.17. The smallest absolute Gasteiger partial charge is 0.0589 e. The van der Waals surface area contributed by atoms with E-state index in [0.29, 0.717) is 6.04 Å². The minimum atomic E-state index is 0.655. The van der Waals surface area contributed by atoms with Crippen LogP contribution in [-0.2, 0) is 4.74 Å². The van der Waals surface area contributed by atoms with Crippen LogP contribution in [0.5, 0.6) is 0 Å². The van der Waals surface area contributed by atoms with Gasteiger partial charge in [-0.1, -0.05) is 42.0 Å². The number of hydrogen-bond acceptors (Lipinski definition) is 3. The van der Waals surface area contributed by atoms with Crippen molar-refractivity contribution in [2.75, 3.05) is 39.9 Å². The first-order valence-corrected chi connectivity index (χ1v) is 7.95. The molecule has 0 aromatic heterocycles. The summed E-state index contributed by atoms with van der Waals surface area (Å²) in [5, 5.41) is 3.69. The number of rotatable bonds is 7. The molecule has 0 amide bonds. The summed E-state index contributed by atoms with van der Waals surface area (Å²) in [6.45, 7) is 7.46. The maximum atomic E-state index is 5.14. The summed E-state index contributed by atoms with van der Waals surface area (Å²) in [5.41, 5.74) is 2.68. The van der Waals surface area contributed by atoms with E-state index in [2.05, 4.69) is 53.5 Å². The second-order valence-corrected chi connectivity index (χ2v) is 5.89. The highest BCUT2D eigenvalue weighted by atomic mass is 16.5. The van der Waals surface area contributed by atoms with Crippen molar-refractivity contribution in [1.82, 2.24) is 10.2 Å². The number of nitrogens with one attached hydrogen (secondary N) is 1. The van der Waals surface area contributed by atoms with E-state index in [4.69, 9.17) is 4.74 Å². The molecule has 1 saturated heterocycles. The second-order valence-electron chi connectivity index (χ2n) is 5.89. The molecule has 1 N–H and O–H groups in total. The van der Waals surface area contributed by atoms with E-state index in [1.807, 2.05) is 0 Å². The van der Waals surface area contributed by atoms with Crippen molar-refractivity contribution < 1.29 is 4.74 Å². The van der Waals surface area contributed by atoms with E-state index >= 15 is 0 Å². The molecular weight excluding hydrogens is 260 g/mol. The molecule has 3 heteroatoms. The molecule has 1 fully saturated rings. The third-order valence-electron chi connectivity index (χ3n) is 4.08. The van der Waals surface area contributed by atoms with Crippen molar-refractivity contribution in [1.29, 1.82) is 0 Å². The molecule has 1 aliphatic heterocycles. The van der Waals surface area contributed by atoms with Crippen LogP contribution in [0.1, 0.15) is 25.3 Å². The molecule has 0 unspecified atom stereocenters. The van der Waals surface area contributed by atoms with E-state index in [9.17, 15) is 0 Å². The zero-order valence-corrected chi connectivity index (χ0v) is 13.3. The minimum Gasteiger partial charge on any atom is -0.383 e. The van der Waals surface area contributed by atoms with Gasteiger partial charge in [0.05, 0.1) is 6.61 Å². The van der Waals surface area contributed by atoms with Gasteiger partial charge in [-0.05, 0) is 38.4 Å². The van der Waals surface area contributed by atoms with Crippen molar-refractivity contribution >= 4 is 6.08 Å². The molecule has 2 rings (SSSR count). The molecule has 3 nitrogen and oxygen atoms in total. The number of likely N-dealkylation sites (tertiary alicyclic amines) is 1. The summed E-state index contributed by atoms with van der Waals surface area (Å²) in [4.78, 5) is 2.49. The minimum absolute atomic E-state index is 0.655. The van der Waals surface area contributed by atoms with E-state index in [0.717, 1.165) is 19.7 Å². The second kappa shape index (κ2) is 8.98. The van der Waals surface area contributed by atoms with Crippen molar-refractivity contribution in [3.8, 4) is 0 Å². The molecule has 1 aromatic carbocycles. The lowest BCUT2D eigenvalue weighted by atomic mass is 10.0. The quantitative estimate of drug-likeness (QED) is 0.835. The third-order valence-corrected chi connectivity index (χ3v) is 4.08. The average Bonchev–Trinajstić information content (AvgIpc) is 2.53. The number of benzene rings is 1. The monoisotopic (exact) mass is 288 g/mol. The highest BCUT2D eigenvalue weighted by molar-refractivity contribution is 5.52. The number of methoxy groups -OCH3 is 1. The highest BCUT2D eigenvalue weighted by Crippen LogP contribution is 2.11. The van der Waals surface area contributed by atoms with Crippen LogP contribution >= 0.6 is 0 Å².